The van der Waals surface area contributed by atoms with Gasteiger partial charge < -0.3 is 9.64 Å². The molecule has 1 aliphatic rings. The van der Waals surface area contributed by atoms with E-state index in [1.54, 1.807) is 0 Å². The van der Waals surface area contributed by atoms with Crippen molar-refractivity contribution in [1.29, 1.82) is 0 Å². The van der Waals surface area contributed by atoms with E-state index < -0.39 is 0 Å². The summed E-state index contributed by atoms with van der Waals surface area (Å²) in [4.78, 5) is 2.35. The van der Waals surface area contributed by atoms with Gasteiger partial charge in [-0.3, -0.25) is 0 Å². The molecule has 1 aromatic carbocycles. The highest BCUT2D eigenvalue weighted by Gasteiger charge is 2.18. The number of benzene rings is 1. The highest BCUT2D eigenvalue weighted by atomic mass is 79.9. The molecular weight excluding hydrogens is 266 g/mol. The van der Waals surface area contributed by atoms with Crippen molar-refractivity contribution >= 4 is 15.9 Å². The summed E-state index contributed by atoms with van der Waals surface area (Å²) in [5.41, 5.74) is 1.21. The summed E-state index contributed by atoms with van der Waals surface area (Å²) in [6.45, 7) is 4.37. The summed E-state index contributed by atoms with van der Waals surface area (Å²) in [5.74, 6) is 1.02. The zero-order valence-corrected chi connectivity index (χ0v) is 11.5. The molecule has 1 aromatic rings. The van der Waals surface area contributed by atoms with Crippen LogP contribution in [0.3, 0.4) is 0 Å². The van der Waals surface area contributed by atoms with Gasteiger partial charge in [0.25, 0.3) is 0 Å². The zero-order valence-electron chi connectivity index (χ0n) is 9.87. The molecule has 16 heavy (non-hydrogen) atoms. The molecule has 0 amide bonds. The van der Waals surface area contributed by atoms with Gasteiger partial charge in [0, 0.05) is 17.6 Å². The number of likely N-dealkylation sites (tertiary alicyclic amines) is 1. The average molecular weight is 284 g/mol. The lowest BCUT2D eigenvalue weighted by molar-refractivity contribution is 0.113. The smallest absolute Gasteiger partial charge is 0.123 e. The molecule has 0 aromatic heterocycles. The van der Waals surface area contributed by atoms with E-state index in [9.17, 15) is 0 Å². The molecular formula is C13H18BrNO. The van der Waals surface area contributed by atoms with Crippen LogP contribution in [0, 0.1) is 6.92 Å². The van der Waals surface area contributed by atoms with Crippen LogP contribution in [0.15, 0.2) is 22.7 Å². The Morgan fingerprint density at radius 1 is 1.31 bits per heavy atom. The van der Waals surface area contributed by atoms with Crippen molar-refractivity contribution in [2.45, 2.75) is 25.9 Å². The van der Waals surface area contributed by atoms with E-state index in [0.29, 0.717) is 6.10 Å². The van der Waals surface area contributed by atoms with Crippen molar-refractivity contribution in [3.63, 3.8) is 0 Å². The second kappa shape index (κ2) is 5.19. The third-order valence-electron chi connectivity index (χ3n) is 3.11. The van der Waals surface area contributed by atoms with Gasteiger partial charge in [-0.25, -0.2) is 0 Å². The normalized spacial score (nSPS) is 18.7. The average Bonchev–Trinajstić information content (AvgIpc) is 2.27. The van der Waals surface area contributed by atoms with Gasteiger partial charge >= 0.3 is 0 Å². The van der Waals surface area contributed by atoms with E-state index in [1.165, 1.54) is 5.56 Å². The SMILES string of the molecule is Cc1ccc(Br)cc1OC1CCN(C)CC1. The number of piperidine rings is 1. The molecule has 2 rings (SSSR count). The van der Waals surface area contributed by atoms with Crippen LogP contribution < -0.4 is 4.74 Å². The molecule has 0 unspecified atom stereocenters. The molecule has 3 heteroatoms. The molecule has 88 valence electrons. The van der Waals surface area contributed by atoms with Gasteiger partial charge in [0.1, 0.15) is 11.9 Å². The first-order valence-corrected chi connectivity index (χ1v) is 6.56. The van der Waals surface area contributed by atoms with Crippen LogP contribution in [-0.2, 0) is 0 Å². The van der Waals surface area contributed by atoms with E-state index in [4.69, 9.17) is 4.74 Å². The quantitative estimate of drug-likeness (QED) is 0.826. The summed E-state index contributed by atoms with van der Waals surface area (Å²) in [7, 11) is 2.17. The third kappa shape index (κ3) is 2.98. The van der Waals surface area contributed by atoms with Crippen molar-refractivity contribution in [2.24, 2.45) is 0 Å². The van der Waals surface area contributed by atoms with E-state index in [-0.39, 0.29) is 0 Å². The summed E-state index contributed by atoms with van der Waals surface area (Å²) >= 11 is 3.48. The molecule has 1 fully saturated rings. The van der Waals surface area contributed by atoms with Gasteiger partial charge in [-0.05, 0) is 44.5 Å². The first kappa shape index (κ1) is 11.9. The van der Waals surface area contributed by atoms with Crippen LogP contribution in [-0.4, -0.2) is 31.1 Å². The Morgan fingerprint density at radius 2 is 2.00 bits per heavy atom. The number of halogens is 1. The molecule has 2 nitrogen and oxygen atoms in total. The first-order valence-electron chi connectivity index (χ1n) is 5.76. The molecule has 1 saturated heterocycles. The minimum absolute atomic E-state index is 0.379. The maximum absolute atomic E-state index is 6.06. The largest absolute Gasteiger partial charge is 0.490 e. The second-order valence-electron chi connectivity index (χ2n) is 4.53. The van der Waals surface area contributed by atoms with Gasteiger partial charge in [0.2, 0.25) is 0 Å². The monoisotopic (exact) mass is 283 g/mol. The lowest BCUT2D eigenvalue weighted by Gasteiger charge is -2.29. The summed E-state index contributed by atoms with van der Waals surface area (Å²) in [6.07, 6.45) is 2.63. The van der Waals surface area contributed by atoms with Gasteiger partial charge in [-0.1, -0.05) is 22.0 Å². The van der Waals surface area contributed by atoms with Crippen LogP contribution in [0.5, 0.6) is 5.75 Å². The Kier molecular flexibility index (Phi) is 3.87. The van der Waals surface area contributed by atoms with E-state index in [0.717, 1.165) is 36.2 Å². The number of aryl methyl sites for hydroxylation is 1. The van der Waals surface area contributed by atoms with E-state index >= 15 is 0 Å². The summed E-state index contributed by atoms with van der Waals surface area (Å²) < 4.78 is 7.14. The van der Waals surface area contributed by atoms with Gasteiger partial charge in [-0.2, -0.15) is 0 Å². The highest BCUT2D eigenvalue weighted by molar-refractivity contribution is 9.10. The van der Waals surface area contributed by atoms with Crippen LogP contribution in [0.4, 0.5) is 0 Å². The molecule has 0 radical (unpaired) electrons. The third-order valence-corrected chi connectivity index (χ3v) is 3.60. The lowest BCUT2D eigenvalue weighted by Crippen LogP contribution is -2.35. The van der Waals surface area contributed by atoms with Gasteiger partial charge in [0.05, 0.1) is 0 Å². The summed E-state index contributed by atoms with van der Waals surface area (Å²) in [6, 6.07) is 6.21. The maximum Gasteiger partial charge on any atom is 0.123 e. The number of hydrogen-bond acceptors (Lipinski definition) is 2. The van der Waals surface area contributed by atoms with Crippen molar-refractivity contribution in [1.82, 2.24) is 4.90 Å². The highest BCUT2D eigenvalue weighted by Crippen LogP contribution is 2.26. The van der Waals surface area contributed by atoms with E-state index in [1.807, 2.05) is 0 Å². The Labute approximate surface area is 106 Å². The van der Waals surface area contributed by atoms with Crippen LogP contribution >= 0.6 is 15.9 Å². The zero-order chi connectivity index (χ0) is 11.5. The fourth-order valence-electron chi connectivity index (χ4n) is 1.98. The molecule has 1 aliphatic heterocycles. The number of ether oxygens (including phenoxy) is 1. The van der Waals surface area contributed by atoms with Crippen molar-refractivity contribution in [3.8, 4) is 5.75 Å². The number of hydrogen-bond donors (Lipinski definition) is 0. The van der Waals surface area contributed by atoms with E-state index in [2.05, 4.69) is 53.0 Å². The maximum atomic E-state index is 6.06. The molecule has 0 N–H and O–H groups in total. The minimum atomic E-state index is 0.379. The van der Waals surface area contributed by atoms with Gasteiger partial charge in [0.15, 0.2) is 0 Å². The first-order chi connectivity index (χ1) is 7.65. The number of nitrogens with zero attached hydrogens (tertiary/aromatic N) is 1. The summed E-state index contributed by atoms with van der Waals surface area (Å²) in [5, 5.41) is 0. The molecule has 1 heterocycles. The Morgan fingerprint density at radius 3 is 2.69 bits per heavy atom. The number of rotatable bonds is 2. The molecule has 0 bridgehead atoms. The van der Waals surface area contributed by atoms with Crippen LogP contribution in [0.25, 0.3) is 0 Å². The fourth-order valence-corrected chi connectivity index (χ4v) is 2.32. The Bertz CT molecular complexity index is 359. The second-order valence-corrected chi connectivity index (χ2v) is 5.45. The predicted molar refractivity (Wildman–Crippen MR) is 70.0 cm³/mol. The van der Waals surface area contributed by atoms with Gasteiger partial charge in [-0.15, -0.1) is 0 Å². The Balaban J connectivity index is 2.00. The van der Waals surface area contributed by atoms with Crippen molar-refractivity contribution in [3.05, 3.63) is 28.2 Å². The molecule has 0 aliphatic carbocycles. The predicted octanol–water partition coefficient (Wildman–Crippen LogP) is 3.23. The standard InChI is InChI=1S/C13H18BrNO/c1-10-3-4-11(14)9-13(10)16-12-5-7-15(2)8-6-12/h3-4,9,12H,5-8H2,1-2H3. The van der Waals surface area contributed by atoms with Crippen LogP contribution in [0.2, 0.25) is 0 Å². The topological polar surface area (TPSA) is 12.5 Å². The van der Waals surface area contributed by atoms with Crippen molar-refractivity contribution < 1.29 is 4.74 Å². The fraction of sp³-hybridized carbons (Fsp3) is 0.538. The lowest BCUT2D eigenvalue weighted by atomic mass is 10.1. The molecule has 0 saturated carbocycles. The molecule has 0 atom stereocenters. The molecule has 0 spiro atoms. The van der Waals surface area contributed by atoms with Crippen LogP contribution in [0.1, 0.15) is 18.4 Å². The van der Waals surface area contributed by atoms with Crippen molar-refractivity contribution in [2.75, 3.05) is 20.1 Å². The Hall–Kier alpha value is -0.540. The minimum Gasteiger partial charge on any atom is -0.490 e.